The molecule has 1 aromatic carbocycles. The lowest BCUT2D eigenvalue weighted by Gasteiger charge is -2.24. The van der Waals surface area contributed by atoms with Crippen molar-refractivity contribution < 1.29 is 0 Å². The summed E-state index contributed by atoms with van der Waals surface area (Å²) in [5.74, 6) is 0.568. The molecule has 1 fully saturated rings. The molecule has 2 rings (SSSR count). The van der Waals surface area contributed by atoms with Crippen molar-refractivity contribution in [1.82, 2.24) is 15.1 Å². The van der Waals surface area contributed by atoms with E-state index < -0.39 is 0 Å². The fourth-order valence-electron chi connectivity index (χ4n) is 3.22. The summed E-state index contributed by atoms with van der Waals surface area (Å²) < 4.78 is 0. The highest BCUT2D eigenvalue weighted by atomic mass is 127. The topological polar surface area (TPSA) is 56.9 Å². The van der Waals surface area contributed by atoms with E-state index in [-0.39, 0.29) is 24.0 Å². The second-order valence-corrected chi connectivity index (χ2v) is 6.78. The SMILES string of the molecule is CCN1CCCC1CNC(N)=NCC(C)N(C)Cc1ccccc1.I. The first-order valence-electron chi connectivity index (χ1n) is 9.12. The summed E-state index contributed by atoms with van der Waals surface area (Å²) in [6.45, 7) is 9.28. The van der Waals surface area contributed by atoms with E-state index in [1.165, 1.54) is 24.9 Å². The van der Waals surface area contributed by atoms with Gasteiger partial charge in [0.05, 0.1) is 6.54 Å². The summed E-state index contributed by atoms with van der Waals surface area (Å²) in [4.78, 5) is 9.34. The summed E-state index contributed by atoms with van der Waals surface area (Å²) in [7, 11) is 2.13. The predicted molar refractivity (Wildman–Crippen MR) is 118 cm³/mol. The molecular weight excluding hydrogens is 425 g/mol. The van der Waals surface area contributed by atoms with Crippen LogP contribution in [0.1, 0.15) is 32.3 Å². The Morgan fingerprint density at radius 3 is 2.80 bits per heavy atom. The molecule has 142 valence electrons. The van der Waals surface area contributed by atoms with Crippen molar-refractivity contribution in [2.24, 2.45) is 10.7 Å². The first-order chi connectivity index (χ1) is 11.6. The van der Waals surface area contributed by atoms with E-state index in [1.54, 1.807) is 0 Å². The number of likely N-dealkylation sites (tertiary alicyclic amines) is 1. The molecule has 0 amide bonds. The molecule has 1 aliphatic heterocycles. The van der Waals surface area contributed by atoms with Crippen LogP contribution < -0.4 is 11.1 Å². The minimum Gasteiger partial charge on any atom is -0.370 e. The van der Waals surface area contributed by atoms with Crippen molar-refractivity contribution in [3.05, 3.63) is 35.9 Å². The summed E-state index contributed by atoms with van der Waals surface area (Å²) >= 11 is 0. The van der Waals surface area contributed by atoms with Crippen molar-refractivity contribution in [2.75, 3.05) is 33.2 Å². The van der Waals surface area contributed by atoms with Crippen LogP contribution in [0.25, 0.3) is 0 Å². The number of halogens is 1. The van der Waals surface area contributed by atoms with Crippen molar-refractivity contribution >= 4 is 29.9 Å². The van der Waals surface area contributed by atoms with Crippen LogP contribution >= 0.6 is 24.0 Å². The normalized spacial score (nSPS) is 19.7. The lowest BCUT2D eigenvalue weighted by atomic mass is 10.2. The molecule has 3 N–H and O–H groups in total. The largest absolute Gasteiger partial charge is 0.370 e. The zero-order valence-electron chi connectivity index (χ0n) is 15.8. The van der Waals surface area contributed by atoms with Gasteiger partial charge >= 0.3 is 0 Å². The minimum absolute atomic E-state index is 0. The van der Waals surface area contributed by atoms with E-state index in [4.69, 9.17) is 5.73 Å². The fourth-order valence-corrected chi connectivity index (χ4v) is 3.22. The lowest BCUT2D eigenvalue weighted by molar-refractivity contribution is 0.254. The molecular formula is C19H34IN5. The first kappa shape index (κ1) is 22.2. The third kappa shape index (κ3) is 7.50. The molecule has 25 heavy (non-hydrogen) atoms. The second-order valence-electron chi connectivity index (χ2n) is 6.78. The van der Waals surface area contributed by atoms with Gasteiger partial charge in [0.15, 0.2) is 5.96 Å². The van der Waals surface area contributed by atoms with Crippen LogP contribution in [0.4, 0.5) is 0 Å². The molecule has 1 saturated heterocycles. The molecule has 5 nitrogen and oxygen atoms in total. The zero-order valence-corrected chi connectivity index (χ0v) is 18.1. The highest BCUT2D eigenvalue weighted by molar-refractivity contribution is 14.0. The van der Waals surface area contributed by atoms with Gasteiger partial charge in [-0.3, -0.25) is 14.8 Å². The lowest BCUT2D eigenvalue weighted by Crippen LogP contribution is -2.43. The summed E-state index contributed by atoms with van der Waals surface area (Å²) in [6, 6.07) is 11.5. The maximum absolute atomic E-state index is 6.04. The number of rotatable bonds is 8. The number of benzene rings is 1. The van der Waals surface area contributed by atoms with Crippen LogP contribution in [-0.2, 0) is 6.54 Å². The van der Waals surface area contributed by atoms with Gasteiger partial charge in [-0.2, -0.15) is 0 Å². The number of hydrogen-bond acceptors (Lipinski definition) is 3. The molecule has 0 aliphatic carbocycles. The highest BCUT2D eigenvalue weighted by Crippen LogP contribution is 2.15. The van der Waals surface area contributed by atoms with Gasteiger partial charge in [0.2, 0.25) is 0 Å². The quantitative estimate of drug-likeness (QED) is 0.357. The molecule has 0 spiro atoms. The molecule has 0 aromatic heterocycles. The van der Waals surface area contributed by atoms with Crippen molar-refractivity contribution in [3.8, 4) is 0 Å². The maximum atomic E-state index is 6.04. The van der Waals surface area contributed by atoms with E-state index in [0.29, 0.717) is 24.6 Å². The Balaban J connectivity index is 0.00000312. The average molecular weight is 459 g/mol. The Hall–Kier alpha value is -0.860. The number of guanidine groups is 1. The van der Waals surface area contributed by atoms with Gasteiger partial charge in [-0.25, -0.2) is 0 Å². The fraction of sp³-hybridized carbons (Fsp3) is 0.632. The second kappa shape index (κ2) is 11.7. The number of nitrogens with two attached hydrogens (primary N) is 1. The van der Waals surface area contributed by atoms with Gasteiger partial charge < -0.3 is 11.1 Å². The van der Waals surface area contributed by atoms with Crippen LogP contribution in [0.2, 0.25) is 0 Å². The Bertz CT molecular complexity index is 508. The number of nitrogens with zero attached hydrogens (tertiary/aromatic N) is 3. The van der Waals surface area contributed by atoms with Gasteiger partial charge in [-0.1, -0.05) is 37.3 Å². The average Bonchev–Trinajstić information content (AvgIpc) is 3.06. The predicted octanol–water partition coefficient (Wildman–Crippen LogP) is 2.51. The van der Waals surface area contributed by atoms with Gasteiger partial charge in [0, 0.05) is 25.2 Å². The van der Waals surface area contributed by atoms with Gasteiger partial charge in [-0.05, 0) is 45.5 Å². The third-order valence-corrected chi connectivity index (χ3v) is 4.98. The van der Waals surface area contributed by atoms with Gasteiger partial charge in [-0.15, -0.1) is 24.0 Å². The highest BCUT2D eigenvalue weighted by Gasteiger charge is 2.22. The Morgan fingerprint density at radius 2 is 2.12 bits per heavy atom. The molecule has 1 aliphatic rings. The summed E-state index contributed by atoms with van der Waals surface area (Å²) in [6.07, 6.45) is 2.54. The summed E-state index contributed by atoms with van der Waals surface area (Å²) in [5.41, 5.74) is 7.36. The van der Waals surface area contributed by atoms with Crippen LogP contribution in [-0.4, -0.2) is 61.1 Å². The number of likely N-dealkylation sites (N-methyl/N-ethyl adjacent to an activating group) is 2. The number of hydrogen-bond donors (Lipinski definition) is 2. The standard InChI is InChI=1S/C19H33N5.HI/c1-4-24-12-8-11-18(24)14-22-19(20)21-13-16(2)23(3)15-17-9-6-5-7-10-17;/h5-7,9-10,16,18H,4,8,11-15H2,1-3H3,(H3,20,21,22);1H. The molecule has 0 saturated carbocycles. The molecule has 0 bridgehead atoms. The molecule has 6 heteroatoms. The van der Waals surface area contributed by atoms with E-state index in [9.17, 15) is 0 Å². The zero-order chi connectivity index (χ0) is 17.4. The van der Waals surface area contributed by atoms with Gasteiger partial charge in [0.25, 0.3) is 0 Å². The van der Waals surface area contributed by atoms with Crippen molar-refractivity contribution in [3.63, 3.8) is 0 Å². The molecule has 1 heterocycles. The van der Waals surface area contributed by atoms with E-state index >= 15 is 0 Å². The first-order valence-corrected chi connectivity index (χ1v) is 9.12. The van der Waals surface area contributed by atoms with E-state index in [1.807, 2.05) is 6.07 Å². The molecule has 1 aromatic rings. The van der Waals surface area contributed by atoms with Crippen LogP contribution in [0.15, 0.2) is 35.3 Å². The van der Waals surface area contributed by atoms with Crippen molar-refractivity contribution in [2.45, 2.75) is 45.3 Å². The number of nitrogens with one attached hydrogen (secondary N) is 1. The van der Waals surface area contributed by atoms with Gasteiger partial charge in [0.1, 0.15) is 0 Å². The minimum atomic E-state index is 0. The molecule has 2 atom stereocenters. The molecule has 0 radical (unpaired) electrons. The monoisotopic (exact) mass is 459 g/mol. The van der Waals surface area contributed by atoms with E-state index in [2.05, 4.69) is 65.3 Å². The van der Waals surface area contributed by atoms with Crippen LogP contribution in [0.5, 0.6) is 0 Å². The van der Waals surface area contributed by atoms with Crippen molar-refractivity contribution in [1.29, 1.82) is 0 Å². The smallest absolute Gasteiger partial charge is 0.188 e. The van der Waals surface area contributed by atoms with Crippen LogP contribution in [0, 0.1) is 0 Å². The Kier molecular flexibility index (Phi) is 10.4. The Labute approximate surface area is 170 Å². The summed E-state index contributed by atoms with van der Waals surface area (Å²) in [5, 5.41) is 3.30. The van der Waals surface area contributed by atoms with E-state index in [0.717, 1.165) is 19.6 Å². The maximum Gasteiger partial charge on any atom is 0.188 e. The third-order valence-electron chi connectivity index (χ3n) is 4.98. The Morgan fingerprint density at radius 1 is 1.40 bits per heavy atom. The number of aliphatic imine (C=N–C) groups is 1. The molecule has 2 unspecified atom stereocenters. The van der Waals surface area contributed by atoms with Crippen LogP contribution in [0.3, 0.4) is 0 Å².